The van der Waals surface area contributed by atoms with Crippen LogP contribution in [-0.4, -0.2) is 17.0 Å². The third-order valence-electron chi connectivity index (χ3n) is 2.45. The smallest absolute Gasteiger partial charge is 0.307 e. The van der Waals surface area contributed by atoms with E-state index in [1.165, 1.54) is 0 Å². The van der Waals surface area contributed by atoms with Crippen molar-refractivity contribution in [1.29, 1.82) is 0 Å². The second-order valence-electron chi connectivity index (χ2n) is 3.24. The van der Waals surface area contributed by atoms with Crippen molar-refractivity contribution < 1.29 is 14.7 Å². The summed E-state index contributed by atoms with van der Waals surface area (Å²) in [4.78, 5) is 21.5. The Bertz CT molecular complexity index is 180. The molecule has 4 nitrogen and oxygen atoms in total. The van der Waals surface area contributed by atoms with Gasteiger partial charge in [0.25, 0.3) is 0 Å². The molecule has 68 valence electrons. The summed E-state index contributed by atoms with van der Waals surface area (Å²) < 4.78 is 0. The Hall–Kier alpha value is -1.06. The Kier molecular flexibility index (Phi) is 2.68. The summed E-state index contributed by atoms with van der Waals surface area (Å²) in [5.41, 5.74) is 5.09. The van der Waals surface area contributed by atoms with E-state index in [-0.39, 0.29) is 0 Å². The third kappa shape index (κ3) is 1.75. The van der Waals surface area contributed by atoms with Crippen molar-refractivity contribution in [2.75, 3.05) is 0 Å². The molecule has 1 fully saturated rings. The number of hydrogen-bond acceptors (Lipinski definition) is 2. The molecule has 2 atom stereocenters. The summed E-state index contributed by atoms with van der Waals surface area (Å²) in [6.45, 7) is 0. The fraction of sp³-hybridized carbons (Fsp3) is 0.750. The Morgan fingerprint density at radius 3 is 2.00 bits per heavy atom. The minimum atomic E-state index is -0.890. The van der Waals surface area contributed by atoms with Gasteiger partial charge in [0.1, 0.15) is 0 Å². The lowest BCUT2D eigenvalue weighted by Gasteiger charge is -2.25. The number of carbonyl (C=O) groups excluding carboxylic acids is 1. The zero-order valence-electron chi connectivity index (χ0n) is 6.82. The van der Waals surface area contributed by atoms with Crippen molar-refractivity contribution in [2.45, 2.75) is 25.7 Å². The van der Waals surface area contributed by atoms with E-state index in [0.29, 0.717) is 12.8 Å². The largest absolute Gasteiger partial charge is 0.481 e. The predicted octanol–water partition coefficient (Wildman–Crippen LogP) is 0.363. The van der Waals surface area contributed by atoms with Crippen molar-refractivity contribution in [3.8, 4) is 0 Å². The van der Waals surface area contributed by atoms with E-state index in [2.05, 4.69) is 0 Å². The molecule has 0 heterocycles. The predicted molar refractivity (Wildman–Crippen MR) is 42.3 cm³/mol. The van der Waals surface area contributed by atoms with Gasteiger partial charge in [0.2, 0.25) is 5.91 Å². The lowest BCUT2D eigenvalue weighted by molar-refractivity contribution is -0.148. The number of carbonyl (C=O) groups is 2. The van der Waals surface area contributed by atoms with Gasteiger partial charge in [0.05, 0.1) is 11.8 Å². The second-order valence-corrected chi connectivity index (χ2v) is 3.24. The van der Waals surface area contributed by atoms with Gasteiger partial charge in [-0.2, -0.15) is 0 Å². The topological polar surface area (TPSA) is 80.4 Å². The number of primary amides is 1. The summed E-state index contributed by atoms with van der Waals surface area (Å²) in [7, 11) is 0. The molecule has 1 aliphatic carbocycles. The van der Waals surface area contributed by atoms with E-state index in [9.17, 15) is 9.59 Å². The summed E-state index contributed by atoms with van der Waals surface area (Å²) in [5, 5.41) is 8.75. The fourth-order valence-electron chi connectivity index (χ4n) is 1.77. The standard InChI is InChI=1S/C8H13NO3/c9-7(10)5-3-1-2-4-6(5)8(11)12/h5-6H,1-4H2,(H2,9,10)(H,11,12)/t5?,6-/m1/s1. The number of amides is 1. The average molecular weight is 171 g/mol. The van der Waals surface area contributed by atoms with Crippen LogP contribution < -0.4 is 5.73 Å². The van der Waals surface area contributed by atoms with Gasteiger partial charge in [-0.25, -0.2) is 0 Å². The molecule has 1 unspecified atom stereocenters. The van der Waals surface area contributed by atoms with Gasteiger partial charge in [-0.05, 0) is 12.8 Å². The molecular weight excluding hydrogens is 158 g/mol. The van der Waals surface area contributed by atoms with Crippen LogP contribution in [0, 0.1) is 11.8 Å². The van der Waals surface area contributed by atoms with E-state index < -0.39 is 23.7 Å². The zero-order chi connectivity index (χ0) is 9.14. The quantitative estimate of drug-likeness (QED) is 0.629. The van der Waals surface area contributed by atoms with E-state index >= 15 is 0 Å². The first-order valence-corrected chi connectivity index (χ1v) is 4.15. The van der Waals surface area contributed by atoms with Crippen molar-refractivity contribution >= 4 is 11.9 Å². The van der Waals surface area contributed by atoms with Crippen molar-refractivity contribution in [3.63, 3.8) is 0 Å². The summed E-state index contributed by atoms with van der Waals surface area (Å²) in [6, 6.07) is 0. The molecule has 1 aliphatic rings. The van der Waals surface area contributed by atoms with Gasteiger partial charge in [0.15, 0.2) is 0 Å². The highest BCUT2D eigenvalue weighted by atomic mass is 16.4. The normalized spacial score (nSPS) is 29.7. The Morgan fingerprint density at radius 2 is 1.67 bits per heavy atom. The van der Waals surface area contributed by atoms with Crippen LogP contribution in [0.2, 0.25) is 0 Å². The van der Waals surface area contributed by atoms with Gasteiger partial charge < -0.3 is 10.8 Å². The molecule has 0 aromatic rings. The first kappa shape index (κ1) is 9.03. The van der Waals surface area contributed by atoms with Crippen molar-refractivity contribution in [1.82, 2.24) is 0 Å². The molecule has 0 aromatic carbocycles. The van der Waals surface area contributed by atoms with Crippen molar-refractivity contribution in [2.24, 2.45) is 17.6 Å². The molecule has 1 rings (SSSR count). The number of hydrogen-bond donors (Lipinski definition) is 2. The average Bonchev–Trinajstić information content (AvgIpc) is 2.04. The Morgan fingerprint density at radius 1 is 1.17 bits per heavy atom. The third-order valence-corrected chi connectivity index (χ3v) is 2.45. The van der Waals surface area contributed by atoms with Crippen LogP contribution in [0.3, 0.4) is 0 Å². The lowest BCUT2D eigenvalue weighted by Crippen LogP contribution is -2.36. The number of aliphatic carboxylic acids is 1. The minimum Gasteiger partial charge on any atom is -0.481 e. The maximum absolute atomic E-state index is 10.8. The highest BCUT2D eigenvalue weighted by molar-refractivity contribution is 5.83. The maximum atomic E-state index is 10.8. The highest BCUT2D eigenvalue weighted by Crippen LogP contribution is 2.29. The molecule has 0 bridgehead atoms. The Balaban J connectivity index is 2.67. The number of carboxylic acids is 1. The molecule has 3 N–H and O–H groups in total. The van der Waals surface area contributed by atoms with Gasteiger partial charge in [-0.15, -0.1) is 0 Å². The zero-order valence-corrected chi connectivity index (χ0v) is 6.82. The van der Waals surface area contributed by atoms with Crippen LogP contribution in [0.25, 0.3) is 0 Å². The number of carboxylic acid groups (broad SMARTS) is 1. The van der Waals surface area contributed by atoms with E-state index in [0.717, 1.165) is 12.8 Å². The van der Waals surface area contributed by atoms with E-state index in [4.69, 9.17) is 10.8 Å². The Labute approximate surface area is 70.7 Å². The van der Waals surface area contributed by atoms with Gasteiger partial charge in [-0.3, -0.25) is 9.59 Å². The molecule has 4 heteroatoms. The monoisotopic (exact) mass is 171 g/mol. The van der Waals surface area contributed by atoms with Crippen LogP contribution in [0.4, 0.5) is 0 Å². The van der Waals surface area contributed by atoms with Crippen LogP contribution in [0.1, 0.15) is 25.7 Å². The molecule has 1 amide bonds. The lowest BCUT2D eigenvalue weighted by atomic mass is 9.79. The van der Waals surface area contributed by atoms with Gasteiger partial charge in [-0.1, -0.05) is 12.8 Å². The molecular formula is C8H13NO3. The molecule has 1 saturated carbocycles. The molecule has 12 heavy (non-hydrogen) atoms. The minimum absolute atomic E-state index is 0.448. The van der Waals surface area contributed by atoms with Crippen molar-refractivity contribution in [3.05, 3.63) is 0 Å². The molecule has 0 aromatic heterocycles. The molecule has 0 saturated heterocycles. The SMILES string of the molecule is NC(=O)C1CCCC[C@H]1C(=O)O. The summed E-state index contributed by atoms with van der Waals surface area (Å²) >= 11 is 0. The maximum Gasteiger partial charge on any atom is 0.307 e. The first-order chi connectivity index (χ1) is 5.63. The van der Waals surface area contributed by atoms with Gasteiger partial charge in [0, 0.05) is 0 Å². The first-order valence-electron chi connectivity index (χ1n) is 4.15. The summed E-state index contributed by atoms with van der Waals surface area (Å²) in [6.07, 6.45) is 3.02. The fourth-order valence-corrected chi connectivity index (χ4v) is 1.77. The molecule has 0 radical (unpaired) electrons. The van der Waals surface area contributed by atoms with E-state index in [1.807, 2.05) is 0 Å². The van der Waals surface area contributed by atoms with Crippen LogP contribution in [-0.2, 0) is 9.59 Å². The van der Waals surface area contributed by atoms with Crippen LogP contribution >= 0.6 is 0 Å². The van der Waals surface area contributed by atoms with Crippen LogP contribution in [0.5, 0.6) is 0 Å². The van der Waals surface area contributed by atoms with Crippen LogP contribution in [0.15, 0.2) is 0 Å². The second kappa shape index (κ2) is 3.56. The summed E-state index contributed by atoms with van der Waals surface area (Å²) in [5.74, 6) is -2.35. The molecule has 0 spiro atoms. The highest BCUT2D eigenvalue weighted by Gasteiger charge is 2.34. The number of rotatable bonds is 2. The molecule has 0 aliphatic heterocycles. The van der Waals surface area contributed by atoms with Gasteiger partial charge >= 0.3 is 5.97 Å². The number of nitrogens with two attached hydrogens (primary N) is 1. The van der Waals surface area contributed by atoms with E-state index in [1.54, 1.807) is 0 Å².